The molecule has 0 unspecified atom stereocenters. The zero-order valence-electron chi connectivity index (χ0n) is 12.0. The molecule has 1 aromatic carbocycles. The molecule has 0 aromatic heterocycles. The molecule has 0 atom stereocenters. The van der Waals surface area contributed by atoms with Crippen molar-refractivity contribution in [2.45, 2.75) is 32.6 Å². The Hall–Kier alpha value is -1.70. The van der Waals surface area contributed by atoms with Gasteiger partial charge in [0.25, 0.3) is 0 Å². The van der Waals surface area contributed by atoms with Crippen molar-refractivity contribution in [1.29, 1.82) is 0 Å². The van der Waals surface area contributed by atoms with E-state index in [0.717, 1.165) is 37.2 Å². The fourth-order valence-electron chi connectivity index (χ4n) is 2.51. The van der Waals surface area contributed by atoms with Gasteiger partial charge in [-0.25, -0.2) is 0 Å². The molecule has 1 aliphatic rings. The highest BCUT2D eigenvalue weighted by molar-refractivity contribution is 5.36. The molecule has 0 aliphatic heterocycles. The summed E-state index contributed by atoms with van der Waals surface area (Å²) in [5, 5.41) is 0. The Morgan fingerprint density at radius 1 is 1.00 bits per heavy atom. The molecule has 2 heteroatoms. The molecular formula is C17H22O2. The van der Waals surface area contributed by atoms with Gasteiger partial charge in [-0.3, -0.25) is 0 Å². The molecule has 102 valence electrons. The van der Waals surface area contributed by atoms with E-state index in [4.69, 9.17) is 9.47 Å². The molecule has 0 bridgehead atoms. The van der Waals surface area contributed by atoms with E-state index >= 15 is 0 Å². The SMILES string of the molecule is COC1=C(C)C(CCc2ccc(OC)cc2)=CCC1. The van der Waals surface area contributed by atoms with Gasteiger partial charge < -0.3 is 9.47 Å². The van der Waals surface area contributed by atoms with E-state index < -0.39 is 0 Å². The highest BCUT2D eigenvalue weighted by Crippen LogP contribution is 2.28. The Morgan fingerprint density at radius 2 is 1.74 bits per heavy atom. The second-order valence-corrected chi connectivity index (χ2v) is 4.87. The van der Waals surface area contributed by atoms with Gasteiger partial charge in [0, 0.05) is 6.42 Å². The normalized spacial score (nSPS) is 15.2. The molecule has 0 N–H and O–H groups in total. The Bertz CT molecular complexity index is 480. The molecule has 1 aliphatic carbocycles. The number of ether oxygens (including phenoxy) is 2. The van der Waals surface area contributed by atoms with Gasteiger partial charge in [0.15, 0.2) is 0 Å². The molecule has 0 heterocycles. The number of benzene rings is 1. The zero-order valence-corrected chi connectivity index (χ0v) is 12.0. The topological polar surface area (TPSA) is 18.5 Å². The number of allylic oxidation sites excluding steroid dienone is 4. The molecule has 0 saturated carbocycles. The third kappa shape index (κ3) is 3.40. The summed E-state index contributed by atoms with van der Waals surface area (Å²) in [4.78, 5) is 0. The summed E-state index contributed by atoms with van der Waals surface area (Å²) >= 11 is 0. The molecule has 0 fully saturated rings. The minimum absolute atomic E-state index is 0.915. The first-order chi connectivity index (χ1) is 9.24. The van der Waals surface area contributed by atoms with Crippen molar-refractivity contribution in [3.05, 3.63) is 52.8 Å². The average molecular weight is 258 g/mol. The predicted molar refractivity (Wildman–Crippen MR) is 78.3 cm³/mol. The van der Waals surface area contributed by atoms with Gasteiger partial charge in [-0.05, 0) is 55.0 Å². The summed E-state index contributed by atoms with van der Waals surface area (Å²) in [6.07, 6.45) is 6.61. The Balaban J connectivity index is 1.98. The van der Waals surface area contributed by atoms with Crippen LogP contribution in [0.15, 0.2) is 47.2 Å². The lowest BCUT2D eigenvalue weighted by atomic mass is 9.92. The lowest BCUT2D eigenvalue weighted by molar-refractivity contribution is 0.271. The monoisotopic (exact) mass is 258 g/mol. The third-order valence-corrected chi connectivity index (χ3v) is 3.75. The number of methoxy groups -OCH3 is 2. The van der Waals surface area contributed by atoms with Crippen LogP contribution in [0.3, 0.4) is 0 Å². The van der Waals surface area contributed by atoms with Crippen LogP contribution in [-0.2, 0) is 11.2 Å². The fourth-order valence-corrected chi connectivity index (χ4v) is 2.51. The van der Waals surface area contributed by atoms with E-state index in [1.165, 1.54) is 16.7 Å². The molecule has 2 nitrogen and oxygen atoms in total. The maximum absolute atomic E-state index is 5.44. The highest BCUT2D eigenvalue weighted by atomic mass is 16.5. The van der Waals surface area contributed by atoms with Crippen LogP contribution >= 0.6 is 0 Å². The number of rotatable bonds is 5. The summed E-state index contributed by atoms with van der Waals surface area (Å²) in [7, 11) is 3.47. The minimum atomic E-state index is 0.915. The Labute approximate surface area is 115 Å². The second kappa shape index (κ2) is 6.46. The van der Waals surface area contributed by atoms with E-state index in [1.807, 2.05) is 12.1 Å². The largest absolute Gasteiger partial charge is 0.501 e. The van der Waals surface area contributed by atoms with Crippen molar-refractivity contribution in [3.8, 4) is 5.75 Å². The molecule has 0 saturated heterocycles. The number of hydrogen-bond acceptors (Lipinski definition) is 2. The van der Waals surface area contributed by atoms with Crippen LogP contribution in [0.25, 0.3) is 0 Å². The first kappa shape index (κ1) is 13.7. The smallest absolute Gasteiger partial charge is 0.118 e. The van der Waals surface area contributed by atoms with Crippen molar-refractivity contribution in [1.82, 2.24) is 0 Å². The lowest BCUT2D eigenvalue weighted by Gasteiger charge is -2.18. The quantitative estimate of drug-likeness (QED) is 0.785. The van der Waals surface area contributed by atoms with E-state index in [2.05, 4.69) is 25.1 Å². The van der Waals surface area contributed by atoms with Gasteiger partial charge in [0.2, 0.25) is 0 Å². The van der Waals surface area contributed by atoms with Gasteiger partial charge in [-0.2, -0.15) is 0 Å². The average Bonchev–Trinajstić information content (AvgIpc) is 2.47. The van der Waals surface area contributed by atoms with Crippen LogP contribution in [-0.4, -0.2) is 14.2 Å². The van der Waals surface area contributed by atoms with Crippen LogP contribution in [0.2, 0.25) is 0 Å². The van der Waals surface area contributed by atoms with Gasteiger partial charge in [0.05, 0.1) is 20.0 Å². The Kier molecular flexibility index (Phi) is 4.67. The lowest BCUT2D eigenvalue weighted by Crippen LogP contribution is -2.02. The number of hydrogen-bond donors (Lipinski definition) is 0. The Morgan fingerprint density at radius 3 is 2.37 bits per heavy atom. The summed E-state index contributed by atoms with van der Waals surface area (Å²) in [6, 6.07) is 8.32. The first-order valence-electron chi connectivity index (χ1n) is 6.80. The van der Waals surface area contributed by atoms with Gasteiger partial charge in [-0.15, -0.1) is 0 Å². The van der Waals surface area contributed by atoms with Crippen LogP contribution in [0.4, 0.5) is 0 Å². The second-order valence-electron chi connectivity index (χ2n) is 4.87. The third-order valence-electron chi connectivity index (χ3n) is 3.75. The van der Waals surface area contributed by atoms with Crippen molar-refractivity contribution in [2.24, 2.45) is 0 Å². The molecule has 1 aromatic rings. The van der Waals surface area contributed by atoms with Crippen LogP contribution in [0.1, 0.15) is 31.7 Å². The molecule has 0 radical (unpaired) electrons. The van der Waals surface area contributed by atoms with Gasteiger partial charge >= 0.3 is 0 Å². The van der Waals surface area contributed by atoms with Crippen LogP contribution in [0.5, 0.6) is 5.75 Å². The first-order valence-corrected chi connectivity index (χ1v) is 6.80. The molecule has 0 spiro atoms. The van der Waals surface area contributed by atoms with Crippen LogP contribution < -0.4 is 4.74 Å². The van der Waals surface area contributed by atoms with Gasteiger partial charge in [-0.1, -0.05) is 18.2 Å². The minimum Gasteiger partial charge on any atom is -0.501 e. The summed E-state index contributed by atoms with van der Waals surface area (Å²) < 4.78 is 10.6. The zero-order chi connectivity index (χ0) is 13.7. The van der Waals surface area contributed by atoms with Crippen molar-refractivity contribution in [3.63, 3.8) is 0 Å². The predicted octanol–water partition coefficient (Wildman–Crippen LogP) is 4.27. The maximum Gasteiger partial charge on any atom is 0.118 e. The van der Waals surface area contributed by atoms with E-state index in [9.17, 15) is 0 Å². The van der Waals surface area contributed by atoms with Crippen molar-refractivity contribution in [2.75, 3.05) is 14.2 Å². The van der Waals surface area contributed by atoms with E-state index in [0.29, 0.717) is 0 Å². The standard InChI is InChI=1S/C17H22O2/c1-13-15(5-4-6-17(13)19-3)10-7-14-8-11-16(18-2)12-9-14/h5,8-9,11-12H,4,6-7,10H2,1-3H3. The summed E-state index contributed by atoms with van der Waals surface area (Å²) in [6.45, 7) is 2.16. The molecular weight excluding hydrogens is 236 g/mol. The van der Waals surface area contributed by atoms with Crippen molar-refractivity contribution < 1.29 is 9.47 Å². The molecule has 19 heavy (non-hydrogen) atoms. The highest BCUT2D eigenvalue weighted by Gasteiger charge is 2.12. The maximum atomic E-state index is 5.44. The van der Waals surface area contributed by atoms with Gasteiger partial charge in [0.1, 0.15) is 5.75 Å². The van der Waals surface area contributed by atoms with Crippen LogP contribution in [0, 0.1) is 0 Å². The summed E-state index contributed by atoms with van der Waals surface area (Å²) in [5.74, 6) is 2.06. The van der Waals surface area contributed by atoms with E-state index in [-0.39, 0.29) is 0 Å². The fraction of sp³-hybridized carbons (Fsp3) is 0.412. The number of aryl methyl sites for hydroxylation is 1. The molecule has 0 amide bonds. The van der Waals surface area contributed by atoms with Crippen molar-refractivity contribution >= 4 is 0 Å². The van der Waals surface area contributed by atoms with E-state index in [1.54, 1.807) is 14.2 Å². The summed E-state index contributed by atoms with van der Waals surface area (Å²) in [5.41, 5.74) is 4.10. The molecule has 2 rings (SSSR count).